The Hall–Kier alpha value is -1.04. The van der Waals surface area contributed by atoms with Crippen LogP contribution >= 0.6 is 11.8 Å². The molecule has 3 N–H and O–H groups in total. The highest BCUT2D eigenvalue weighted by atomic mass is 32.2. The monoisotopic (exact) mass is 173 g/mol. The van der Waals surface area contributed by atoms with Crippen molar-refractivity contribution in [2.24, 2.45) is 10.7 Å². The minimum atomic E-state index is -0.790. The van der Waals surface area contributed by atoms with E-state index in [0.29, 0.717) is 0 Å². The van der Waals surface area contributed by atoms with Gasteiger partial charge in [-0.05, 0) is 6.92 Å². The van der Waals surface area contributed by atoms with Crippen LogP contribution in [-0.4, -0.2) is 22.4 Å². The van der Waals surface area contributed by atoms with Gasteiger partial charge in [0, 0.05) is 0 Å². The summed E-state index contributed by atoms with van der Waals surface area (Å²) in [7, 11) is 0. The fourth-order valence-electron chi connectivity index (χ4n) is 0.612. The maximum absolute atomic E-state index is 10.8. The largest absolute Gasteiger partial charge is 0.350 e. The summed E-state index contributed by atoms with van der Waals surface area (Å²) in [6.45, 7) is 1.73. The van der Waals surface area contributed by atoms with E-state index >= 15 is 0 Å². The number of nitrogens with one attached hydrogen (secondary N) is 1. The predicted octanol–water partition coefficient (Wildman–Crippen LogP) is -0.327. The maximum atomic E-state index is 10.8. The van der Waals surface area contributed by atoms with E-state index in [9.17, 15) is 9.59 Å². The second kappa shape index (κ2) is 2.91. The smallest absolute Gasteiger partial charge is 0.340 e. The van der Waals surface area contributed by atoms with Gasteiger partial charge in [-0.3, -0.25) is 4.79 Å². The molecule has 0 saturated carbocycles. The number of primary amides is 1. The number of carbonyl (C=O) groups is 2. The molecule has 1 fully saturated rings. The fraction of sp³-hybridized carbons (Fsp3) is 0.400. The van der Waals surface area contributed by atoms with Gasteiger partial charge in [-0.25, -0.2) is 4.79 Å². The normalized spacial score (nSPS) is 27.2. The van der Waals surface area contributed by atoms with Gasteiger partial charge >= 0.3 is 6.03 Å². The van der Waals surface area contributed by atoms with E-state index in [4.69, 9.17) is 5.73 Å². The highest BCUT2D eigenvalue weighted by Crippen LogP contribution is 2.17. The van der Waals surface area contributed by atoms with Crippen LogP contribution in [0.15, 0.2) is 4.99 Å². The molecule has 0 aromatic heterocycles. The van der Waals surface area contributed by atoms with Crippen LogP contribution in [0.5, 0.6) is 0 Å². The number of urea groups is 1. The van der Waals surface area contributed by atoms with Crippen LogP contribution in [0.25, 0.3) is 0 Å². The first-order valence-corrected chi connectivity index (χ1v) is 3.83. The van der Waals surface area contributed by atoms with Crippen molar-refractivity contribution >= 4 is 28.9 Å². The van der Waals surface area contributed by atoms with E-state index in [2.05, 4.69) is 10.3 Å². The topological polar surface area (TPSA) is 84.5 Å². The van der Waals surface area contributed by atoms with E-state index in [-0.39, 0.29) is 16.3 Å². The van der Waals surface area contributed by atoms with Crippen LogP contribution < -0.4 is 11.1 Å². The molecule has 1 atom stereocenters. The van der Waals surface area contributed by atoms with Gasteiger partial charge in [0.05, 0.1) is 5.25 Å². The summed E-state index contributed by atoms with van der Waals surface area (Å²) in [5, 5.41) is 2.51. The van der Waals surface area contributed by atoms with Crippen LogP contribution in [0.3, 0.4) is 0 Å². The van der Waals surface area contributed by atoms with Gasteiger partial charge in [-0.2, -0.15) is 4.99 Å². The third-order valence-corrected chi connectivity index (χ3v) is 2.08. The Balaban J connectivity index is 2.67. The van der Waals surface area contributed by atoms with Crippen molar-refractivity contribution in [3.63, 3.8) is 0 Å². The molecule has 0 radical (unpaired) electrons. The van der Waals surface area contributed by atoms with Crippen molar-refractivity contribution in [2.75, 3.05) is 0 Å². The molecule has 6 heteroatoms. The molecule has 0 bridgehead atoms. The first-order chi connectivity index (χ1) is 5.09. The Morgan fingerprint density at radius 1 is 1.82 bits per heavy atom. The Morgan fingerprint density at radius 2 is 2.45 bits per heavy atom. The van der Waals surface area contributed by atoms with Crippen LogP contribution in [0.2, 0.25) is 0 Å². The van der Waals surface area contributed by atoms with Gasteiger partial charge in [0.1, 0.15) is 0 Å². The highest BCUT2D eigenvalue weighted by Gasteiger charge is 2.25. The minimum absolute atomic E-state index is 0.144. The van der Waals surface area contributed by atoms with Crippen molar-refractivity contribution in [1.82, 2.24) is 5.32 Å². The molecule has 0 aromatic rings. The third-order valence-electron chi connectivity index (χ3n) is 1.10. The molecule has 1 rings (SSSR count). The lowest BCUT2D eigenvalue weighted by Gasteiger charge is -1.89. The van der Waals surface area contributed by atoms with Crippen LogP contribution in [0, 0.1) is 0 Å². The van der Waals surface area contributed by atoms with Gasteiger partial charge < -0.3 is 11.1 Å². The summed E-state index contributed by atoms with van der Waals surface area (Å²) >= 11 is 1.19. The van der Waals surface area contributed by atoms with Crippen LogP contribution in [0.4, 0.5) is 4.79 Å². The van der Waals surface area contributed by atoms with Gasteiger partial charge in [0.2, 0.25) is 5.91 Å². The first-order valence-electron chi connectivity index (χ1n) is 2.95. The number of nitrogens with two attached hydrogens (primary N) is 1. The van der Waals surface area contributed by atoms with Crippen molar-refractivity contribution in [3.8, 4) is 0 Å². The number of rotatable bonds is 0. The fourth-order valence-corrected chi connectivity index (χ4v) is 1.41. The lowest BCUT2D eigenvalue weighted by Crippen LogP contribution is -2.24. The molecule has 1 unspecified atom stereocenters. The average molecular weight is 173 g/mol. The molecule has 1 aliphatic heterocycles. The van der Waals surface area contributed by atoms with Crippen molar-refractivity contribution in [3.05, 3.63) is 0 Å². The quantitative estimate of drug-likeness (QED) is 0.526. The summed E-state index contributed by atoms with van der Waals surface area (Å²) in [6.07, 6.45) is 0. The Labute approximate surface area is 67.4 Å². The zero-order valence-electron chi connectivity index (χ0n) is 5.83. The third kappa shape index (κ3) is 1.94. The molecule has 5 nitrogen and oxygen atoms in total. The molecule has 0 aromatic carbocycles. The Morgan fingerprint density at radius 3 is 2.82 bits per heavy atom. The van der Waals surface area contributed by atoms with Crippen molar-refractivity contribution < 1.29 is 9.59 Å². The molecule has 11 heavy (non-hydrogen) atoms. The van der Waals surface area contributed by atoms with E-state index in [0.717, 1.165) is 0 Å². The van der Waals surface area contributed by atoms with Gasteiger partial charge in [-0.15, -0.1) is 0 Å². The average Bonchev–Trinajstić information content (AvgIpc) is 2.10. The summed E-state index contributed by atoms with van der Waals surface area (Å²) in [4.78, 5) is 24.4. The lowest BCUT2D eigenvalue weighted by molar-refractivity contribution is -0.118. The predicted molar refractivity (Wildman–Crippen MR) is 42.2 cm³/mol. The van der Waals surface area contributed by atoms with Gasteiger partial charge in [0.15, 0.2) is 5.17 Å². The van der Waals surface area contributed by atoms with Crippen molar-refractivity contribution in [2.45, 2.75) is 12.2 Å². The number of amidine groups is 1. The maximum Gasteiger partial charge on any atom is 0.340 e. The molecule has 0 spiro atoms. The summed E-state index contributed by atoms with van der Waals surface area (Å²) in [5.41, 5.74) is 4.77. The van der Waals surface area contributed by atoms with Crippen LogP contribution in [0.1, 0.15) is 6.92 Å². The molecular weight excluding hydrogens is 166 g/mol. The van der Waals surface area contributed by atoms with E-state index in [1.165, 1.54) is 11.8 Å². The van der Waals surface area contributed by atoms with Gasteiger partial charge in [0.25, 0.3) is 0 Å². The highest BCUT2D eigenvalue weighted by molar-refractivity contribution is 8.15. The van der Waals surface area contributed by atoms with Gasteiger partial charge in [-0.1, -0.05) is 11.8 Å². The number of hydrogen-bond donors (Lipinski definition) is 2. The molecule has 0 aliphatic carbocycles. The zero-order valence-corrected chi connectivity index (χ0v) is 6.64. The molecule has 1 saturated heterocycles. The summed E-state index contributed by atoms with van der Waals surface area (Å²) < 4.78 is 0. The standard InChI is InChI=1S/C5H7N3O2S/c1-2-3(9)7-5(11-2)8-4(6)10/h2H,1H3,(H3,6,7,8,9,10). The Kier molecular flexibility index (Phi) is 2.13. The van der Waals surface area contributed by atoms with E-state index < -0.39 is 6.03 Å². The summed E-state index contributed by atoms with van der Waals surface area (Å²) in [6, 6.07) is -0.790. The number of carbonyl (C=O) groups excluding carboxylic acids is 2. The number of aliphatic imine (C=N–C) groups is 1. The number of hydrogen-bond acceptors (Lipinski definition) is 3. The van der Waals surface area contributed by atoms with E-state index in [1.54, 1.807) is 6.92 Å². The minimum Gasteiger partial charge on any atom is -0.350 e. The number of thioether (sulfide) groups is 1. The second-order valence-electron chi connectivity index (χ2n) is 2.00. The van der Waals surface area contributed by atoms with Crippen LogP contribution in [-0.2, 0) is 4.79 Å². The zero-order chi connectivity index (χ0) is 8.43. The molecule has 3 amide bonds. The van der Waals surface area contributed by atoms with Crippen molar-refractivity contribution in [1.29, 1.82) is 0 Å². The number of amides is 3. The SMILES string of the molecule is CC1S/C(=N/C(N)=O)NC1=O. The first kappa shape index (κ1) is 8.06. The molecule has 60 valence electrons. The summed E-state index contributed by atoms with van der Waals surface area (Å²) in [5.74, 6) is -0.144. The number of nitrogens with zero attached hydrogens (tertiary/aromatic N) is 1. The van der Waals surface area contributed by atoms with E-state index in [1.807, 2.05) is 0 Å². The molecular formula is C5H7N3O2S. The molecule has 1 aliphatic rings. The lowest BCUT2D eigenvalue weighted by atomic mass is 10.4. The molecule has 1 heterocycles. The second-order valence-corrected chi connectivity index (χ2v) is 3.33. The Bertz CT molecular complexity index is 238.